The summed E-state index contributed by atoms with van der Waals surface area (Å²) >= 11 is 0. The second kappa shape index (κ2) is 9.14. The number of unbranched alkanes of at least 4 members (excludes halogenated alkanes) is 1. The van der Waals surface area contributed by atoms with E-state index in [2.05, 4.69) is 38.1 Å². The number of hydrogen-bond acceptors (Lipinski definition) is 1. The van der Waals surface area contributed by atoms with E-state index in [0.717, 1.165) is 25.9 Å². The summed E-state index contributed by atoms with van der Waals surface area (Å²) in [5.74, 6) is 0.374. The van der Waals surface area contributed by atoms with Crippen molar-refractivity contribution < 1.29 is 4.79 Å². The van der Waals surface area contributed by atoms with Crippen LogP contribution in [0.1, 0.15) is 50.2 Å². The molecule has 0 saturated heterocycles. The highest BCUT2D eigenvalue weighted by molar-refractivity contribution is 5.77. The molecule has 0 aliphatic carbocycles. The number of benzene rings is 2. The van der Waals surface area contributed by atoms with Gasteiger partial charge in [-0.15, -0.1) is 0 Å². The first kappa shape index (κ1) is 17.3. The minimum atomic E-state index is 0.126. The molecule has 2 nitrogen and oxygen atoms in total. The summed E-state index contributed by atoms with van der Waals surface area (Å²) in [5, 5.41) is 0. The number of rotatable bonds is 8. The quantitative estimate of drug-likeness (QED) is 0.682. The maximum absolute atomic E-state index is 12.8. The van der Waals surface area contributed by atoms with E-state index in [9.17, 15) is 4.79 Å². The van der Waals surface area contributed by atoms with Crippen LogP contribution in [0.15, 0.2) is 60.7 Å². The Kier molecular flexibility index (Phi) is 6.86. The molecule has 0 bridgehead atoms. The molecule has 0 heterocycles. The molecule has 2 aromatic carbocycles. The molecule has 2 heteroatoms. The smallest absolute Gasteiger partial charge is 0.223 e. The summed E-state index contributed by atoms with van der Waals surface area (Å²) in [7, 11) is 0. The average molecular weight is 309 g/mol. The van der Waals surface area contributed by atoms with Gasteiger partial charge in [0.15, 0.2) is 0 Å². The fourth-order valence-corrected chi connectivity index (χ4v) is 2.91. The Labute approximate surface area is 140 Å². The van der Waals surface area contributed by atoms with Crippen molar-refractivity contribution in [2.45, 2.75) is 39.0 Å². The lowest BCUT2D eigenvalue weighted by molar-refractivity contribution is -0.131. The van der Waals surface area contributed by atoms with Crippen molar-refractivity contribution in [2.75, 3.05) is 13.1 Å². The highest BCUT2D eigenvalue weighted by Crippen LogP contribution is 2.28. The Morgan fingerprint density at radius 2 is 1.43 bits per heavy atom. The van der Waals surface area contributed by atoms with Crippen molar-refractivity contribution in [1.82, 2.24) is 4.90 Å². The summed E-state index contributed by atoms with van der Waals surface area (Å²) in [6.07, 6.45) is 2.72. The molecule has 0 unspecified atom stereocenters. The molecule has 0 N–H and O–H groups in total. The molecular weight excluding hydrogens is 282 g/mol. The zero-order valence-electron chi connectivity index (χ0n) is 14.2. The Hall–Kier alpha value is -2.09. The summed E-state index contributed by atoms with van der Waals surface area (Å²) < 4.78 is 0. The predicted molar refractivity (Wildman–Crippen MR) is 96.5 cm³/mol. The van der Waals surface area contributed by atoms with Gasteiger partial charge in [-0.3, -0.25) is 4.79 Å². The highest BCUT2D eigenvalue weighted by Gasteiger charge is 2.21. The van der Waals surface area contributed by atoms with Gasteiger partial charge in [-0.1, -0.05) is 74.0 Å². The molecule has 0 spiro atoms. The molecule has 2 aromatic rings. The average Bonchev–Trinajstić information content (AvgIpc) is 2.62. The lowest BCUT2D eigenvalue weighted by Crippen LogP contribution is -2.32. The van der Waals surface area contributed by atoms with Crippen LogP contribution in [-0.4, -0.2) is 23.9 Å². The zero-order valence-corrected chi connectivity index (χ0v) is 14.2. The van der Waals surface area contributed by atoms with Gasteiger partial charge in [-0.25, -0.2) is 0 Å². The highest BCUT2D eigenvalue weighted by atomic mass is 16.2. The number of amides is 1. The van der Waals surface area contributed by atoms with E-state index < -0.39 is 0 Å². The molecule has 0 aliphatic rings. The normalized spacial score (nSPS) is 10.7. The maximum atomic E-state index is 12.8. The van der Waals surface area contributed by atoms with Gasteiger partial charge in [0.05, 0.1) is 0 Å². The second-order valence-corrected chi connectivity index (χ2v) is 5.91. The maximum Gasteiger partial charge on any atom is 0.223 e. The van der Waals surface area contributed by atoms with Gasteiger partial charge in [0.2, 0.25) is 5.91 Å². The van der Waals surface area contributed by atoms with E-state index in [0.29, 0.717) is 6.42 Å². The molecule has 0 fully saturated rings. The Bertz CT molecular complexity index is 540. The lowest BCUT2D eigenvalue weighted by Gasteiger charge is -2.24. The van der Waals surface area contributed by atoms with Crippen molar-refractivity contribution >= 4 is 5.91 Å². The van der Waals surface area contributed by atoms with Crippen LogP contribution in [0.25, 0.3) is 0 Å². The van der Waals surface area contributed by atoms with Crippen LogP contribution < -0.4 is 0 Å². The van der Waals surface area contributed by atoms with Crippen LogP contribution in [0.2, 0.25) is 0 Å². The van der Waals surface area contributed by atoms with Crippen LogP contribution in [-0.2, 0) is 4.79 Å². The van der Waals surface area contributed by atoms with Gasteiger partial charge < -0.3 is 4.90 Å². The minimum absolute atomic E-state index is 0.126. The molecule has 0 aliphatic heterocycles. The van der Waals surface area contributed by atoms with Gasteiger partial charge in [0, 0.05) is 25.4 Å². The summed E-state index contributed by atoms with van der Waals surface area (Å²) in [6.45, 7) is 5.87. The topological polar surface area (TPSA) is 20.3 Å². The molecule has 0 aromatic heterocycles. The first-order valence-corrected chi connectivity index (χ1v) is 8.63. The van der Waals surface area contributed by atoms with E-state index in [1.807, 2.05) is 41.3 Å². The van der Waals surface area contributed by atoms with Crippen molar-refractivity contribution in [1.29, 1.82) is 0 Å². The van der Waals surface area contributed by atoms with Crippen molar-refractivity contribution in [3.63, 3.8) is 0 Å². The van der Waals surface area contributed by atoms with Crippen molar-refractivity contribution in [2.24, 2.45) is 0 Å². The third-order valence-electron chi connectivity index (χ3n) is 4.30. The van der Waals surface area contributed by atoms with Crippen molar-refractivity contribution in [3.05, 3.63) is 71.8 Å². The molecular formula is C21H27NO. The first-order chi connectivity index (χ1) is 11.3. The number of hydrogen-bond donors (Lipinski definition) is 0. The molecule has 2 rings (SSSR count). The van der Waals surface area contributed by atoms with Crippen LogP contribution >= 0.6 is 0 Å². The Balaban J connectivity index is 2.20. The third kappa shape index (κ3) is 4.95. The Morgan fingerprint density at radius 3 is 1.87 bits per heavy atom. The number of carbonyl (C=O) groups excluding carboxylic acids is 1. The van der Waals surface area contributed by atoms with Gasteiger partial charge in [-0.05, 0) is 24.5 Å². The summed E-state index contributed by atoms with van der Waals surface area (Å²) in [5.41, 5.74) is 2.41. The van der Waals surface area contributed by atoms with Gasteiger partial charge in [0.1, 0.15) is 0 Å². The van der Waals surface area contributed by atoms with Gasteiger partial charge in [-0.2, -0.15) is 0 Å². The fourth-order valence-electron chi connectivity index (χ4n) is 2.91. The lowest BCUT2D eigenvalue weighted by atomic mass is 9.88. The standard InChI is InChI=1S/C21H27NO/c1-3-5-16-22(4-2)21(23)17-20(18-12-8-6-9-13-18)19-14-10-7-11-15-19/h6-15,20H,3-5,16-17H2,1-2H3. The minimum Gasteiger partial charge on any atom is -0.343 e. The largest absolute Gasteiger partial charge is 0.343 e. The van der Waals surface area contributed by atoms with Gasteiger partial charge in [0.25, 0.3) is 0 Å². The molecule has 1 amide bonds. The van der Waals surface area contributed by atoms with Crippen LogP contribution in [0, 0.1) is 0 Å². The van der Waals surface area contributed by atoms with Crippen molar-refractivity contribution in [3.8, 4) is 0 Å². The van der Waals surface area contributed by atoms with E-state index in [1.165, 1.54) is 11.1 Å². The monoisotopic (exact) mass is 309 g/mol. The number of carbonyl (C=O) groups is 1. The summed E-state index contributed by atoms with van der Waals surface area (Å²) in [6, 6.07) is 20.7. The predicted octanol–water partition coefficient (Wildman–Crippen LogP) is 4.86. The van der Waals surface area contributed by atoms with E-state index in [-0.39, 0.29) is 11.8 Å². The number of nitrogens with zero attached hydrogens (tertiary/aromatic N) is 1. The van der Waals surface area contributed by atoms with Crippen LogP contribution in [0.4, 0.5) is 0 Å². The van der Waals surface area contributed by atoms with E-state index in [4.69, 9.17) is 0 Å². The van der Waals surface area contributed by atoms with Crippen LogP contribution in [0.3, 0.4) is 0 Å². The third-order valence-corrected chi connectivity index (χ3v) is 4.30. The second-order valence-electron chi connectivity index (χ2n) is 5.91. The Morgan fingerprint density at radius 1 is 0.913 bits per heavy atom. The molecule has 0 atom stereocenters. The summed E-state index contributed by atoms with van der Waals surface area (Å²) in [4.78, 5) is 14.8. The SMILES string of the molecule is CCCCN(CC)C(=O)CC(c1ccccc1)c1ccccc1. The van der Waals surface area contributed by atoms with Gasteiger partial charge >= 0.3 is 0 Å². The van der Waals surface area contributed by atoms with E-state index >= 15 is 0 Å². The van der Waals surface area contributed by atoms with Crippen LogP contribution in [0.5, 0.6) is 0 Å². The molecule has 0 radical (unpaired) electrons. The zero-order chi connectivity index (χ0) is 16.5. The molecule has 122 valence electrons. The first-order valence-electron chi connectivity index (χ1n) is 8.63. The van der Waals surface area contributed by atoms with E-state index in [1.54, 1.807) is 0 Å². The fraction of sp³-hybridized carbons (Fsp3) is 0.381. The molecule has 23 heavy (non-hydrogen) atoms. The molecule has 0 saturated carbocycles.